The van der Waals surface area contributed by atoms with E-state index in [9.17, 15) is 0 Å². The number of hydrogen-bond acceptors (Lipinski definition) is 3. The summed E-state index contributed by atoms with van der Waals surface area (Å²) in [6.07, 6.45) is 1.11. The van der Waals surface area contributed by atoms with Gasteiger partial charge in [-0.15, -0.1) is 0 Å². The van der Waals surface area contributed by atoms with Crippen LogP contribution in [0.25, 0.3) is 0 Å². The minimum absolute atomic E-state index is 0.322. The van der Waals surface area contributed by atoms with Crippen molar-refractivity contribution >= 4 is 11.5 Å². The topological polar surface area (TPSA) is 55.9 Å². The van der Waals surface area contributed by atoms with E-state index >= 15 is 0 Å². The third-order valence-electron chi connectivity index (χ3n) is 2.79. The van der Waals surface area contributed by atoms with Gasteiger partial charge in [0.2, 0.25) is 0 Å². The van der Waals surface area contributed by atoms with Gasteiger partial charge >= 0.3 is 0 Å². The molecule has 98 valence electrons. The van der Waals surface area contributed by atoms with Crippen molar-refractivity contribution in [3.8, 4) is 0 Å². The van der Waals surface area contributed by atoms with Gasteiger partial charge in [0, 0.05) is 12.6 Å². The minimum atomic E-state index is 0.322. The molecule has 0 fully saturated rings. The summed E-state index contributed by atoms with van der Waals surface area (Å²) >= 11 is 0. The molecule has 3 N–H and O–H groups in total. The van der Waals surface area contributed by atoms with Crippen LogP contribution in [0.4, 0.5) is 11.5 Å². The van der Waals surface area contributed by atoms with Crippen LogP contribution in [0.5, 0.6) is 0 Å². The number of nitrogens with zero attached hydrogens (tertiary/aromatic N) is 2. The molecule has 0 aromatic carbocycles. The highest BCUT2D eigenvalue weighted by Crippen LogP contribution is 2.26. The normalized spacial score (nSPS) is 12.2. The Morgan fingerprint density at radius 1 is 1.35 bits per heavy atom. The van der Waals surface area contributed by atoms with Gasteiger partial charge in [-0.1, -0.05) is 20.8 Å². The zero-order valence-corrected chi connectivity index (χ0v) is 12.0. The molecule has 1 aromatic rings. The van der Waals surface area contributed by atoms with Crippen LogP contribution in [0.2, 0.25) is 0 Å². The summed E-state index contributed by atoms with van der Waals surface area (Å²) in [6, 6.07) is 0.322. The zero-order valence-electron chi connectivity index (χ0n) is 12.0. The monoisotopic (exact) mass is 238 g/mol. The smallest absolute Gasteiger partial charge is 0.148 e. The maximum atomic E-state index is 6.05. The molecule has 0 unspecified atom stereocenters. The number of nitrogens with one attached hydrogen (secondary N) is 1. The summed E-state index contributed by atoms with van der Waals surface area (Å²) in [5, 5.41) is 7.87. The summed E-state index contributed by atoms with van der Waals surface area (Å²) in [6.45, 7) is 13.8. The van der Waals surface area contributed by atoms with E-state index in [-0.39, 0.29) is 0 Å². The lowest BCUT2D eigenvalue weighted by atomic mass is 9.92. The first-order chi connectivity index (χ1) is 7.72. The summed E-state index contributed by atoms with van der Waals surface area (Å²) < 4.78 is 1.97. The molecule has 0 radical (unpaired) electrons. The van der Waals surface area contributed by atoms with Gasteiger partial charge in [-0.3, -0.25) is 0 Å². The Balaban J connectivity index is 2.76. The molecular weight excluding hydrogens is 212 g/mol. The van der Waals surface area contributed by atoms with E-state index < -0.39 is 0 Å². The third kappa shape index (κ3) is 3.65. The Labute approximate surface area is 105 Å². The highest BCUT2D eigenvalue weighted by molar-refractivity contribution is 5.64. The highest BCUT2D eigenvalue weighted by Gasteiger charge is 2.15. The van der Waals surface area contributed by atoms with Crippen molar-refractivity contribution in [1.29, 1.82) is 0 Å². The molecule has 4 heteroatoms. The average molecular weight is 238 g/mol. The van der Waals surface area contributed by atoms with Gasteiger partial charge in [-0.2, -0.15) is 5.10 Å². The summed E-state index contributed by atoms with van der Waals surface area (Å²) in [7, 11) is 0. The average Bonchev–Trinajstić information content (AvgIpc) is 2.44. The largest absolute Gasteiger partial charge is 0.394 e. The van der Waals surface area contributed by atoms with Crippen molar-refractivity contribution in [3.05, 3.63) is 5.69 Å². The maximum absolute atomic E-state index is 6.05. The number of hydrogen-bond donors (Lipinski definition) is 2. The lowest BCUT2D eigenvalue weighted by Crippen LogP contribution is -2.16. The SMILES string of the molecule is Cc1nn(C(C)C)c(NCCC(C)(C)C)c1N. The van der Waals surface area contributed by atoms with E-state index in [4.69, 9.17) is 5.73 Å². The van der Waals surface area contributed by atoms with Gasteiger partial charge in [0.1, 0.15) is 5.82 Å². The second-order valence-corrected chi connectivity index (χ2v) is 6.12. The Hall–Kier alpha value is -1.19. The second-order valence-electron chi connectivity index (χ2n) is 6.12. The van der Waals surface area contributed by atoms with E-state index in [1.807, 2.05) is 11.6 Å². The van der Waals surface area contributed by atoms with Gasteiger partial charge in [0.25, 0.3) is 0 Å². The van der Waals surface area contributed by atoms with E-state index in [1.54, 1.807) is 0 Å². The quantitative estimate of drug-likeness (QED) is 0.847. The Morgan fingerprint density at radius 3 is 2.41 bits per heavy atom. The van der Waals surface area contributed by atoms with Crippen molar-refractivity contribution in [2.45, 2.75) is 54.0 Å². The molecule has 0 amide bonds. The molecule has 1 rings (SSSR count). The van der Waals surface area contributed by atoms with Crippen LogP contribution in [0.15, 0.2) is 0 Å². The lowest BCUT2D eigenvalue weighted by molar-refractivity contribution is 0.389. The van der Waals surface area contributed by atoms with Crippen LogP contribution < -0.4 is 11.1 Å². The molecule has 1 heterocycles. The van der Waals surface area contributed by atoms with Crippen LogP contribution >= 0.6 is 0 Å². The third-order valence-corrected chi connectivity index (χ3v) is 2.79. The van der Waals surface area contributed by atoms with Gasteiger partial charge in [0.15, 0.2) is 0 Å². The molecule has 0 bridgehead atoms. The summed E-state index contributed by atoms with van der Waals surface area (Å²) in [5.41, 5.74) is 8.05. The lowest BCUT2D eigenvalue weighted by Gasteiger charge is -2.19. The minimum Gasteiger partial charge on any atom is -0.394 e. The number of aromatic nitrogens is 2. The molecule has 0 aliphatic rings. The Morgan fingerprint density at radius 2 is 1.94 bits per heavy atom. The van der Waals surface area contributed by atoms with E-state index in [2.05, 4.69) is 45.0 Å². The standard InChI is InChI=1S/C13H26N4/c1-9(2)17-12(11(14)10(3)16-17)15-8-7-13(4,5)6/h9,15H,7-8,14H2,1-6H3. The van der Waals surface area contributed by atoms with Crippen molar-refractivity contribution in [3.63, 3.8) is 0 Å². The number of rotatable bonds is 4. The van der Waals surface area contributed by atoms with Gasteiger partial charge in [0.05, 0.1) is 11.4 Å². The maximum Gasteiger partial charge on any atom is 0.148 e. The number of anilines is 2. The highest BCUT2D eigenvalue weighted by atomic mass is 15.4. The van der Waals surface area contributed by atoms with Crippen molar-refractivity contribution in [2.75, 3.05) is 17.6 Å². The summed E-state index contributed by atoms with van der Waals surface area (Å²) in [4.78, 5) is 0. The molecule has 0 aliphatic carbocycles. The molecular formula is C13H26N4. The summed E-state index contributed by atoms with van der Waals surface area (Å²) in [5.74, 6) is 0.960. The second kappa shape index (κ2) is 4.98. The van der Waals surface area contributed by atoms with E-state index in [1.165, 1.54) is 0 Å². The predicted molar refractivity (Wildman–Crippen MR) is 74.3 cm³/mol. The first-order valence-electron chi connectivity index (χ1n) is 6.31. The van der Waals surface area contributed by atoms with Crippen LogP contribution in [0.1, 0.15) is 52.8 Å². The number of nitrogen functional groups attached to an aromatic ring is 1. The van der Waals surface area contributed by atoms with Crippen LogP contribution in [0, 0.1) is 12.3 Å². The molecule has 0 aliphatic heterocycles. The van der Waals surface area contributed by atoms with Crippen molar-refractivity contribution in [1.82, 2.24) is 9.78 Å². The molecule has 0 spiro atoms. The molecule has 0 saturated carbocycles. The fourth-order valence-corrected chi connectivity index (χ4v) is 1.67. The van der Waals surface area contributed by atoms with Crippen LogP contribution in [-0.2, 0) is 0 Å². The van der Waals surface area contributed by atoms with Crippen LogP contribution in [-0.4, -0.2) is 16.3 Å². The van der Waals surface area contributed by atoms with Crippen LogP contribution in [0.3, 0.4) is 0 Å². The van der Waals surface area contributed by atoms with Gasteiger partial charge < -0.3 is 11.1 Å². The molecule has 1 aromatic heterocycles. The fourth-order valence-electron chi connectivity index (χ4n) is 1.67. The first-order valence-corrected chi connectivity index (χ1v) is 6.31. The van der Waals surface area contributed by atoms with Crippen molar-refractivity contribution < 1.29 is 0 Å². The molecule has 0 saturated heterocycles. The van der Waals surface area contributed by atoms with E-state index in [0.29, 0.717) is 11.5 Å². The van der Waals surface area contributed by atoms with Gasteiger partial charge in [-0.05, 0) is 32.6 Å². The fraction of sp³-hybridized carbons (Fsp3) is 0.769. The Bertz CT molecular complexity index is 372. The van der Waals surface area contributed by atoms with E-state index in [0.717, 1.165) is 30.2 Å². The first kappa shape index (κ1) is 13.9. The Kier molecular flexibility index (Phi) is 4.07. The number of aryl methyl sites for hydroxylation is 1. The number of nitrogens with two attached hydrogens (primary N) is 1. The zero-order chi connectivity index (χ0) is 13.2. The molecule has 17 heavy (non-hydrogen) atoms. The van der Waals surface area contributed by atoms with Gasteiger partial charge in [-0.25, -0.2) is 4.68 Å². The molecule has 0 atom stereocenters. The predicted octanol–water partition coefficient (Wildman–Crippen LogP) is 3.20. The van der Waals surface area contributed by atoms with Crippen molar-refractivity contribution in [2.24, 2.45) is 5.41 Å². The molecule has 4 nitrogen and oxygen atoms in total.